The van der Waals surface area contributed by atoms with Crippen LogP contribution in [0.1, 0.15) is 32.6 Å². The van der Waals surface area contributed by atoms with Crippen molar-refractivity contribution >= 4 is 5.91 Å². The minimum atomic E-state index is -2.47. The van der Waals surface area contributed by atoms with Crippen molar-refractivity contribution in [3.63, 3.8) is 0 Å². The molecule has 0 aliphatic carbocycles. The summed E-state index contributed by atoms with van der Waals surface area (Å²) in [6, 6.07) is 0. The molecule has 1 aliphatic rings. The number of amides is 1. The SMILES string of the molecule is CCCC1(C(=O)NCC(F)F)CCNCC1. The quantitative estimate of drug-likeness (QED) is 0.757. The molecule has 1 aliphatic heterocycles. The standard InChI is InChI=1S/C11H20F2N2O/c1-2-3-11(4-6-14-7-5-11)10(16)15-8-9(12)13/h9,14H,2-8H2,1H3,(H,15,16). The highest BCUT2D eigenvalue weighted by molar-refractivity contribution is 5.82. The summed E-state index contributed by atoms with van der Waals surface area (Å²) in [4.78, 5) is 11.9. The van der Waals surface area contributed by atoms with Gasteiger partial charge in [-0.05, 0) is 32.4 Å². The van der Waals surface area contributed by atoms with E-state index in [9.17, 15) is 13.6 Å². The van der Waals surface area contributed by atoms with Gasteiger partial charge in [-0.15, -0.1) is 0 Å². The molecule has 94 valence electrons. The number of piperidine rings is 1. The topological polar surface area (TPSA) is 41.1 Å². The van der Waals surface area contributed by atoms with Crippen molar-refractivity contribution in [3.8, 4) is 0 Å². The number of hydrogen-bond donors (Lipinski definition) is 2. The number of nitrogens with one attached hydrogen (secondary N) is 2. The molecule has 0 aromatic rings. The van der Waals surface area contributed by atoms with E-state index in [2.05, 4.69) is 10.6 Å². The Kier molecular flexibility index (Phi) is 5.12. The van der Waals surface area contributed by atoms with Gasteiger partial charge in [0.25, 0.3) is 6.43 Å². The van der Waals surface area contributed by atoms with E-state index in [0.29, 0.717) is 0 Å². The van der Waals surface area contributed by atoms with Gasteiger partial charge in [-0.3, -0.25) is 4.79 Å². The Bertz CT molecular complexity index is 223. The maximum Gasteiger partial charge on any atom is 0.255 e. The number of halogens is 2. The van der Waals surface area contributed by atoms with Crippen LogP contribution >= 0.6 is 0 Å². The minimum Gasteiger partial charge on any atom is -0.350 e. The summed E-state index contributed by atoms with van der Waals surface area (Å²) in [6.45, 7) is 3.08. The van der Waals surface area contributed by atoms with Gasteiger partial charge in [0.1, 0.15) is 0 Å². The fraction of sp³-hybridized carbons (Fsp3) is 0.909. The lowest BCUT2D eigenvalue weighted by molar-refractivity contribution is -0.133. The first-order valence-electron chi connectivity index (χ1n) is 5.88. The summed E-state index contributed by atoms with van der Waals surface area (Å²) in [7, 11) is 0. The Balaban J connectivity index is 2.57. The molecule has 1 fully saturated rings. The average Bonchev–Trinajstić information content (AvgIpc) is 2.27. The highest BCUT2D eigenvalue weighted by Crippen LogP contribution is 2.34. The molecule has 3 nitrogen and oxygen atoms in total. The Hall–Kier alpha value is -0.710. The second-order valence-electron chi connectivity index (χ2n) is 4.38. The largest absolute Gasteiger partial charge is 0.350 e. The molecule has 0 aromatic carbocycles. The van der Waals surface area contributed by atoms with Crippen molar-refractivity contribution in [2.45, 2.75) is 39.0 Å². The van der Waals surface area contributed by atoms with E-state index >= 15 is 0 Å². The van der Waals surface area contributed by atoms with Crippen LogP contribution in [0.25, 0.3) is 0 Å². The third-order valence-corrected chi connectivity index (χ3v) is 3.19. The molecule has 0 saturated carbocycles. The Morgan fingerprint density at radius 1 is 1.44 bits per heavy atom. The molecular weight excluding hydrogens is 214 g/mol. The predicted octanol–water partition coefficient (Wildman–Crippen LogP) is 1.54. The van der Waals surface area contributed by atoms with Crippen LogP contribution in [0.3, 0.4) is 0 Å². The van der Waals surface area contributed by atoms with Crippen LogP contribution in [0.5, 0.6) is 0 Å². The smallest absolute Gasteiger partial charge is 0.255 e. The second kappa shape index (κ2) is 6.13. The number of carbonyl (C=O) groups excluding carboxylic acids is 1. The van der Waals surface area contributed by atoms with Crippen molar-refractivity contribution < 1.29 is 13.6 Å². The molecular formula is C11H20F2N2O. The van der Waals surface area contributed by atoms with Gasteiger partial charge < -0.3 is 10.6 Å². The molecule has 0 atom stereocenters. The maximum absolute atomic E-state index is 12.0. The lowest BCUT2D eigenvalue weighted by atomic mass is 9.74. The zero-order chi connectivity index (χ0) is 12.0. The summed E-state index contributed by atoms with van der Waals surface area (Å²) in [5.41, 5.74) is -0.422. The van der Waals surface area contributed by atoms with E-state index in [0.717, 1.165) is 38.8 Å². The predicted molar refractivity (Wildman–Crippen MR) is 58.5 cm³/mol. The van der Waals surface area contributed by atoms with Gasteiger partial charge >= 0.3 is 0 Å². The zero-order valence-corrected chi connectivity index (χ0v) is 9.69. The molecule has 5 heteroatoms. The lowest BCUT2D eigenvalue weighted by Crippen LogP contribution is -2.48. The molecule has 0 radical (unpaired) electrons. The Morgan fingerprint density at radius 2 is 2.06 bits per heavy atom. The van der Waals surface area contributed by atoms with E-state index in [1.54, 1.807) is 0 Å². The van der Waals surface area contributed by atoms with E-state index < -0.39 is 18.4 Å². The Morgan fingerprint density at radius 3 is 2.56 bits per heavy atom. The van der Waals surface area contributed by atoms with Crippen LogP contribution in [0, 0.1) is 5.41 Å². The lowest BCUT2D eigenvalue weighted by Gasteiger charge is -2.36. The molecule has 0 aromatic heterocycles. The number of hydrogen-bond acceptors (Lipinski definition) is 2. The maximum atomic E-state index is 12.0. The van der Waals surface area contributed by atoms with E-state index in [1.807, 2.05) is 6.92 Å². The van der Waals surface area contributed by atoms with Gasteiger partial charge in [0, 0.05) is 0 Å². The van der Waals surface area contributed by atoms with Gasteiger partial charge in [-0.1, -0.05) is 13.3 Å². The average molecular weight is 234 g/mol. The molecule has 1 saturated heterocycles. The van der Waals surface area contributed by atoms with Crippen LogP contribution in [0.4, 0.5) is 8.78 Å². The van der Waals surface area contributed by atoms with Crippen molar-refractivity contribution in [1.29, 1.82) is 0 Å². The first-order chi connectivity index (χ1) is 7.60. The molecule has 1 amide bonds. The molecule has 0 unspecified atom stereocenters. The molecule has 0 spiro atoms. The first kappa shape index (κ1) is 13.4. The molecule has 0 bridgehead atoms. The fourth-order valence-electron chi connectivity index (χ4n) is 2.33. The van der Waals surface area contributed by atoms with Gasteiger partial charge in [-0.25, -0.2) is 8.78 Å². The van der Waals surface area contributed by atoms with Crippen molar-refractivity contribution in [2.24, 2.45) is 5.41 Å². The van der Waals surface area contributed by atoms with Gasteiger partial charge in [0.15, 0.2) is 0 Å². The van der Waals surface area contributed by atoms with Gasteiger partial charge in [-0.2, -0.15) is 0 Å². The van der Waals surface area contributed by atoms with E-state index in [1.165, 1.54) is 0 Å². The molecule has 1 rings (SSSR count). The normalized spacial score (nSPS) is 19.8. The minimum absolute atomic E-state index is 0.198. The zero-order valence-electron chi connectivity index (χ0n) is 9.69. The summed E-state index contributed by atoms with van der Waals surface area (Å²) in [5.74, 6) is -0.198. The number of rotatable bonds is 5. The number of alkyl halides is 2. The van der Waals surface area contributed by atoms with Crippen molar-refractivity contribution in [2.75, 3.05) is 19.6 Å². The monoisotopic (exact) mass is 234 g/mol. The third kappa shape index (κ3) is 3.40. The van der Waals surface area contributed by atoms with Crippen LogP contribution in [0.2, 0.25) is 0 Å². The van der Waals surface area contributed by atoms with Gasteiger partial charge in [0.2, 0.25) is 5.91 Å². The van der Waals surface area contributed by atoms with Gasteiger partial charge in [0.05, 0.1) is 12.0 Å². The summed E-state index contributed by atoms with van der Waals surface area (Å²) < 4.78 is 24.1. The Labute approximate surface area is 95.0 Å². The van der Waals surface area contributed by atoms with Crippen LogP contribution in [0.15, 0.2) is 0 Å². The van der Waals surface area contributed by atoms with Crippen LogP contribution < -0.4 is 10.6 Å². The van der Waals surface area contributed by atoms with E-state index in [-0.39, 0.29) is 5.91 Å². The van der Waals surface area contributed by atoms with Crippen molar-refractivity contribution in [3.05, 3.63) is 0 Å². The first-order valence-corrected chi connectivity index (χ1v) is 5.88. The third-order valence-electron chi connectivity index (χ3n) is 3.19. The fourth-order valence-corrected chi connectivity index (χ4v) is 2.33. The van der Waals surface area contributed by atoms with E-state index in [4.69, 9.17) is 0 Å². The van der Waals surface area contributed by atoms with Crippen LogP contribution in [-0.2, 0) is 4.79 Å². The molecule has 1 heterocycles. The summed E-state index contributed by atoms with van der Waals surface area (Å²) >= 11 is 0. The van der Waals surface area contributed by atoms with Crippen LogP contribution in [-0.4, -0.2) is 32.0 Å². The summed E-state index contributed by atoms with van der Waals surface area (Å²) in [6.07, 6.45) is 0.710. The molecule has 2 N–H and O–H groups in total. The highest BCUT2D eigenvalue weighted by atomic mass is 19.3. The highest BCUT2D eigenvalue weighted by Gasteiger charge is 2.38. The van der Waals surface area contributed by atoms with Crippen molar-refractivity contribution in [1.82, 2.24) is 10.6 Å². The molecule has 16 heavy (non-hydrogen) atoms. The summed E-state index contributed by atoms with van der Waals surface area (Å²) in [5, 5.41) is 5.55. The number of carbonyl (C=O) groups is 1. The second-order valence-corrected chi connectivity index (χ2v) is 4.38.